The van der Waals surface area contributed by atoms with Gasteiger partial charge in [0.1, 0.15) is 0 Å². The molecule has 6 fully saturated rings. The van der Waals surface area contributed by atoms with Gasteiger partial charge >= 0.3 is 11.9 Å². The Morgan fingerprint density at radius 1 is 1.03 bits per heavy atom. The van der Waals surface area contributed by atoms with Gasteiger partial charge in [0.25, 0.3) is 0 Å². The minimum atomic E-state index is -0.894. The molecule has 0 unspecified atom stereocenters. The molecule has 10 nitrogen and oxygen atoms in total. The van der Waals surface area contributed by atoms with Crippen molar-refractivity contribution in [3.8, 4) is 0 Å². The van der Waals surface area contributed by atoms with Crippen molar-refractivity contribution in [2.24, 2.45) is 29.6 Å². The summed E-state index contributed by atoms with van der Waals surface area (Å²) in [6.45, 7) is 9.14. The lowest BCUT2D eigenvalue weighted by molar-refractivity contribution is -0.576. The van der Waals surface area contributed by atoms with Crippen molar-refractivity contribution in [1.82, 2.24) is 4.90 Å². The van der Waals surface area contributed by atoms with Crippen LogP contribution < -0.4 is 0 Å². The molecule has 9 atom stereocenters. The molecule has 6 aliphatic rings. The minimum absolute atomic E-state index is 0.0252. The summed E-state index contributed by atoms with van der Waals surface area (Å²) >= 11 is 0. The van der Waals surface area contributed by atoms with E-state index >= 15 is 0 Å². The predicted molar refractivity (Wildman–Crippen MR) is 128 cm³/mol. The third-order valence-electron chi connectivity index (χ3n) is 9.28. The zero-order chi connectivity index (χ0) is 26.4. The quantitative estimate of drug-likeness (QED) is 0.382. The first-order valence-electron chi connectivity index (χ1n) is 14.0. The standard InChI is InChI=1S/C27H41NO9/c1-5-32-23(31)18-7-6-14-28(15-18)21(29)10-11-22(30)33-24-17(3)20-9-8-16(2)19-12-13-26(4)35-25(34-24)27(19,20)37-36-26/h16-20,24-25H,5-15H2,1-4H3/t16-,17-,18+,19+,20+,24-,25-,26+,27-/m1/s1. The molecule has 5 saturated heterocycles. The third-order valence-corrected chi connectivity index (χ3v) is 9.28. The Morgan fingerprint density at radius 2 is 1.84 bits per heavy atom. The van der Waals surface area contributed by atoms with E-state index in [4.69, 9.17) is 28.7 Å². The number of carbonyl (C=O) groups excluding carboxylic acids is 3. The molecule has 0 radical (unpaired) electrons. The van der Waals surface area contributed by atoms with Gasteiger partial charge in [-0.2, -0.15) is 0 Å². The van der Waals surface area contributed by atoms with Crippen LogP contribution in [0.15, 0.2) is 0 Å². The van der Waals surface area contributed by atoms with Gasteiger partial charge < -0.3 is 23.8 Å². The Hall–Kier alpha value is -1.75. The number of ether oxygens (including phenoxy) is 4. The number of carbonyl (C=O) groups is 3. The van der Waals surface area contributed by atoms with Crippen LogP contribution in [0.1, 0.15) is 79.1 Å². The molecule has 1 aliphatic carbocycles. The summed E-state index contributed by atoms with van der Waals surface area (Å²) in [5, 5.41) is 0. The van der Waals surface area contributed by atoms with E-state index in [0.29, 0.717) is 38.5 Å². The highest BCUT2D eigenvalue weighted by Crippen LogP contribution is 2.60. The van der Waals surface area contributed by atoms with Gasteiger partial charge in [-0.05, 0) is 57.8 Å². The van der Waals surface area contributed by atoms with Crippen LogP contribution in [0.2, 0.25) is 0 Å². The Bertz CT molecular complexity index is 897. The van der Waals surface area contributed by atoms with Gasteiger partial charge in [-0.3, -0.25) is 14.4 Å². The largest absolute Gasteiger partial charge is 0.466 e. The molecule has 0 aromatic heterocycles. The lowest BCUT2D eigenvalue weighted by Crippen LogP contribution is -2.70. The summed E-state index contributed by atoms with van der Waals surface area (Å²) in [5.74, 6) is -1.48. The average Bonchev–Trinajstić information content (AvgIpc) is 3.11. The lowest BCUT2D eigenvalue weighted by atomic mass is 9.58. The van der Waals surface area contributed by atoms with Crippen molar-refractivity contribution >= 4 is 17.8 Å². The third kappa shape index (κ3) is 4.90. The van der Waals surface area contributed by atoms with E-state index < -0.39 is 29.9 Å². The summed E-state index contributed by atoms with van der Waals surface area (Å²) in [6.07, 6.45) is 3.57. The van der Waals surface area contributed by atoms with E-state index in [1.165, 1.54) is 0 Å². The molecule has 0 N–H and O–H groups in total. The second kappa shape index (κ2) is 10.4. The topological polar surface area (TPSA) is 110 Å². The van der Waals surface area contributed by atoms with Gasteiger partial charge in [0.05, 0.1) is 18.9 Å². The summed E-state index contributed by atoms with van der Waals surface area (Å²) in [6, 6.07) is 0. The maximum atomic E-state index is 12.8. The number of likely N-dealkylation sites (tertiary alicyclic amines) is 1. The Morgan fingerprint density at radius 3 is 2.62 bits per heavy atom. The van der Waals surface area contributed by atoms with Crippen LogP contribution >= 0.6 is 0 Å². The number of rotatable bonds is 6. The second-order valence-electron chi connectivity index (χ2n) is 11.7. The maximum absolute atomic E-state index is 12.8. The number of amides is 1. The summed E-state index contributed by atoms with van der Waals surface area (Å²) < 4.78 is 23.5. The first-order valence-corrected chi connectivity index (χ1v) is 14.0. The van der Waals surface area contributed by atoms with Crippen LogP contribution in [0.4, 0.5) is 0 Å². The van der Waals surface area contributed by atoms with E-state index in [-0.39, 0.29) is 48.4 Å². The number of hydrogen-bond acceptors (Lipinski definition) is 9. The lowest BCUT2D eigenvalue weighted by Gasteiger charge is -2.59. The Kier molecular flexibility index (Phi) is 7.57. The fourth-order valence-corrected chi connectivity index (χ4v) is 7.22. The van der Waals surface area contributed by atoms with E-state index in [9.17, 15) is 14.4 Å². The van der Waals surface area contributed by atoms with Gasteiger partial charge in [0.15, 0.2) is 11.9 Å². The molecule has 208 valence electrons. The minimum Gasteiger partial charge on any atom is -0.466 e. The normalized spacial score (nSPS) is 42.9. The van der Waals surface area contributed by atoms with Gasteiger partial charge in [0.2, 0.25) is 18.0 Å². The fourth-order valence-electron chi connectivity index (χ4n) is 7.22. The van der Waals surface area contributed by atoms with Gasteiger partial charge in [-0.15, -0.1) is 0 Å². The van der Waals surface area contributed by atoms with Gasteiger partial charge in [-0.1, -0.05) is 13.8 Å². The highest BCUT2D eigenvalue weighted by molar-refractivity contribution is 5.82. The number of hydrogen-bond donors (Lipinski definition) is 0. The first-order chi connectivity index (χ1) is 17.7. The van der Waals surface area contributed by atoms with E-state index in [2.05, 4.69) is 6.92 Å². The molecule has 6 rings (SSSR count). The molecule has 0 aromatic rings. The molecular formula is C27H41NO9. The second-order valence-corrected chi connectivity index (χ2v) is 11.7. The summed E-state index contributed by atoms with van der Waals surface area (Å²) in [4.78, 5) is 51.3. The number of nitrogens with zero attached hydrogens (tertiary/aromatic N) is 1. The highest BCUT2D eigenvalue weighted by Gasteiger charge is 2.69. The van der Waals surface area contributed by atoms with Crippen LogP contribution in [0.5, 0.6) is 0 Å². The first kappa shape index (κ1) is 26.8. The van der Waals surface area contributed by atoms with Crippen LogP contribution in [-0.4, -0.2) is 66.4 Å². The van der Waals surface area contributed by atoms with Crippen molar-refractivity contribution in [2.75, 3.05) is 19.7 Å². The van der Waals surface area contributed by atoms with Crippen LogP contribution in [0, 0.1) is 29.6 Å². The molecule has 2 bridgehead atoms. The van der Waals surface area contributed by atoms with Crippen molar-refractivity contribution in [3.05, 3.63) is 0 Å². The van der Waals surface area contributed by atoms with E-state index in [1.54, 1.807) is 11.8 Å². The van der Waals surface area contributed by atoms with E-state index in [1.807, 2.05) is 13.8 Å². The Balaban J connectivity index is 1.19. The van der Waals surface area contributed by atoms with Crippen molar-refractivity contribution in [2.45, 2.75) is 103 Å². The SMILES string of the molecule is CCOC(=O)[C@H]1CCCN(C(=O)CCC(=O)O[C@@H]2O[C@@H]3O[C@]4(C)CC[C@H]5[C@H](C)CC[C@@H]([C@H]2C)[C@@]35OO4)C1. The van der Waals surface area contributed by atoms with Gasteiger partial charge in [0, 0.05) is 37.8 Å². The molecular weight excluding hydrogens is 482 g/mol. The molecule has 37 heavy (non-hydrogen) atoms. The summed E-state index contributed by atoms with van der Waals surface area (Å²) in [5.41, 5.74) is -0.713. The molecule has 10 heteroatoms. The van der Waals surface area contributed by atoms with E-state index in [0.717, 1.165) is 25.7 Å². The van der Waals surface area contributed by atoms with Crippen LogP contribution in [-0.2, 0) is 43.1 Å². The monoisotopic (exact) mass is 523 g/mol. The molecule has 1 saturated carbocycles. The zero-order valence-electron chi connectivity index (χ0n) is 22.4. The smallest absolute Gasteiger partial charge is 0.310 e. The molecule has 0 aromatic carbocycles. The average molecular weight is 524 g/mol. The number of fused-ring (bicyclic) bond motifs is 2. The number of esters is 2. The van der Waals surface area contributed by atoms with Crippen molar-refractivity contribution < 1.29 is 43.1 Å². The fraction of sp³-hybridized carbons (Fsp3) is 0.889. The van der Waals surface area contributed by atoms with Crippen LogP contribution in [0.3, 0.4) is 0 Å². The molecule has 5 heterocycles. The van der Waals surface area contributed by atoms with Gasteiger partial charge in [-0.25, -0.2) is 9.78 Å². The molecule has 1 amide bonds. The predicted octanol–water partition coefficient (Wildman–Crippen LogP) is 3.32. The summed E-state index contributed by atoms with van der Waals surface area (Å²) in [7, 11) is 0. The molecule has 1 spiro atoms. The highest BCUT2D eigenvalue weighted by atomic mass is 17.3. The Labute approximate surface area is 218 Å². The van der Waals surface area contributed by atoms with Crippen molar-refractivity contribution in [1.29, 1.82) is 0 Å². The maximum Gasteiger partial charge on any atom is 0.310 e. The van der Waals surface area contributed by atoms with Crippen LogP contribution in [0.25, 0.3) is 0 Å². The molecule has 5 aliphatic heterocycles. The zero-order valence-corrected chi connectivity index (χ0v) is 22.4. The van der Waals surface area contributed by atoms with Crippen molar-refractivity contribution in [3.63, 3.8) is 0 Å². The number of piperidine rings is 1.